The van der Waals surface area contributed by atoms with E-state index in [1.165, 1.54) is 0 Å². The number of hydrogen-bond donors (Lipinski definition) is 0. The van der Waals surface area contributed by atoms with Crippen molar-refractivity contribution in [1.29, 1.82) is 0 Å². The van der Waals surface area contributed by atoms with Gasteiger partial charge in [0, 0.05) is 96.9 Å². The van der Waals surface area contributed by atoms with Crippen LogP contribution in [0.25, 0.3) is 0 Å². The van der Waals surface area contributed by atoms with Crippen LogP contribution in [0.5, 0.6) is 0 Å². The molecule has 0 unspecified atom stereocenters. The van der Waals surface area contributed by atoms with Gasteiger partial charge in [-0.25, -0.2) is 0 Å². The van der Waals surface area contributed by atoms with Crippen LogP contribution < -0.4 is 10.4 Å². The van der Waals surface area contributed by atoms with E-state index in [1.807, 2.05) is 32.6 Å². The molecule has 0 atom stereocenters. The van der Waals surface area contributed by atoms with Gasteiger partial charge in [0.2, 0.25) is 0 Å². The normalized spacial score (nSPS) is 15.3. The Bertz CT molecular complexity index is 2290. The molecule has 80 heavy (non-hydrogen) atoms. The maximum absolute atomic E-state index is 4.80. The lowest BCUT2D eigenvalue weighted by molar-refractivity contribution is 1.09. The van der Waals surface area contributed by atoms with Gasteiger partial charge >= 0.3 is 0 Å². The van der Waals surface area contributed by atoms with Gasteiger partial charge < -0.3 is 0 Å². The molecule has 0 radical (unpaired) electrons. The molecule has 456 valence electrons. The second-order valence-corrected chi connectivity index (χ2v) is 124. The van der Waals surface area contributed by atoms with Gasteiger partial charge in [0.05, 0.1) is 0 Å². The maximum Gasteiger partial charge on any atom is 0.133 e. The van der Waals surface area contributed by atoms with E-state index >= 15 is 0 Å². The van der Waals surface area contributed by atoms with Crippen molar-refractivity contribution in [2.45, 2.75) is 306 Å². The average Bonchev–Trinajstić information content (AvgIpc) is 3.05. The summed E-state index contributed by atoms with van der Waals surface area (Å²) in [5.74, 6) is 0. The van der Waals surface area contributed by atoms with E-state index in [1.54, 1.807) is 11.1 Å². The fourth-order valence-corrected chi connectivity index (χ4v) is 107. The highest BCUT2D eigenvalue weighted by atomic mass is 28.9. The van der Waals surface area contributed by atoms with Crippen LogP contribution in [0.2, 0.25) is 275 Å². The summed E-state index contributed by atoms with van der Waals surface area (Å²) in [4.78, 5) is 0. The van der Waals surface area contributed by atoms with Crippen LogP contribution >= 0.6 is 0 Å². The van der Waals surface area contributed by atoms with Gasteiger partial charge in [0.1, 0.15) is 31.9 Å². The van der Waals surface area contributed by atoms with E-state index < -0.39 is 129 Å². The standard InChI is InChI=1S/C64H136Si16/c1-67(2,3)45-43-65(57-53(61(73(19,20)21)74(22,23)24)47-51(59(69(7,8)9)70(10,11)12)48-54(57)62(75(25,26)27)76(28,29)30)66(44-46-68(4,5)6)58-55(63(77(31,32)33)78(34,35)36)49-52(60(71(13,14)15)72(16,17)18)50-56(58)64(79(37,38)39)80(40,41)42/h47-50,59-64H,1-42H3/b66-65+. The van der Waals surface area contributed by atoms with Gasteiger partial charge in [-0.05, 0) is 74.7 Å². The summed E-state index contributed by atoms with van der Waals surface area (Å²) in [6.45, 7) is 115. The highest BCUT2D eigenvalue weighted by Gasteiger charge is 2.50. The van der Waals surface area contributed by atoms with Crippen molar-refractivity contribution in [2.24, 2.45) is 0 Å². The summed E-state index contributed by atoms with van der Waals surface area (Å²) in [5.41, 5.74) is 29.3. The van der Waals surface area contributed by atoms with Crippen LogP contribution in [-0.2, 0) is 0 Å². The third-order valence-electron chi connectivity index (χ3n) is 16.6. The number of benzene rings is 2. The fourth-order valence-electron chi connectivity index (χ4n) is 17.8. The molecule has 0 aliphatic rings. The Balaban J connectivity index is 4.62. The topological polar surface area (TPSA) is 0 Å². The molecule has 0 saturated carbocycles. The lowest BCUT2D eigenvalue weighted by Crippen LogP contribution is -2.57. The zero-order valence-corrected chi connectivity index (χ0v) is 77.8. The molecule has 0 saturated heterocycles. The lowest BCUT2D eigenvalue weighted by Gasteiger charge is -2.47. The first-order valence-corrected chi connectivity index (χ1v) is 85.7. The summed E-state index contributed by atoms with van der Waals surface area (Å²) in [7, 11) is -29.1. The highest BCUT2D eigenvalue weighted by Crippen LogP contribution is 2.47. The molecule has 0 spiro atoms. The van der Waals surface area contributed by atoms with Crippen molar-refractivity contribution in [3.05, 3.63) is 57.6 Å². The molecule has 0 aromatic heterocycles. The minimum absolute atomic E-state index is 0.613. The van der Waals surface area contributed by atoms with Crippen molar-refractivity contribution in [3.63, 3.8) is 0 Å². The molecule has 0 N–H and O–H groups in total. The number of hydrogen-bond acceptors (Lipinski definition) is 0. The van der Waals surface area contributed by atoms with Gasteiger partial charge in [-0.3, -0.25) is 0 Å². The molecular weight excluding hydrogens is 1220 g/mol. The molecule has 16 heteroatoms. The van der Waals surface area contributed by atoms with Gasteiger partial charge in [0.15, 0.2) is 0 Å². The van der Waals surface area contributed by atoms with E-state index in [2.05, 4.69) is 310 Å². The van der Waals surface area contributed by atoms with Gasteiger partial charge in [0.25, 0.3) is 0 Å². The predicted octanol–water partition coefficient (Wildman–Crippen LogP) is 20.7. The van der Waals surface area contributed by atoms with Crippen molar-refractivity contribution in [3.8, 4) is 22.2 Å². The summed E-state index contributed by atoms with van der Waals surface area (Å²) in [6, 6.07) is 12.2. The molecule has 2 aromatic rings. The van der Waals surface area contributed by atoms with Gasteiger partial charge in [-0.1, -0.05) is 299 Å². The monoisotopic (exact) mass is 1350 g/mol. The molecule has 0 bridgehead atoms. The largest absolute Gasteiger partial charge is 0.135 e. The summed E-state index contributed by atoms with van der Waals surface area (Å²) < 4.78 is 0. The number of rotatable bonds is 20. The third-order valence-corrected chi connectivity index (χ3v) is 81.8. The Hall–Kier alpha value is 1.03. The minimum Gasteiger partial charge on any atom is -0.135 e. The van der Waals surface area contributed by atoms with Crippen molar-refractivity contribution >= 4 is 139 Å². The molecule has 2 rings (SSSR count). The lowest BCUT2D eigenvalue weighted by atomic mass is 10.1. The van der Waals surface area contributed by atoms with Gasteiger partial charge in [-0.2, -0.15) is 0 Å². The first-order chi connectivity index (χ1) is 34.6. The highest BCUT2D eigenvalue weighted by molar-refractivity contribution is 7.17. The Labute approximate surface area is 520 Å². The van der Waals surface area contributed by atoms with Crippen LogP contribution in [0, 0.1) is 22.2 Å². The third kappa shape index (κ3) is 20.5. The van der Waals surface area contributed by atoms with E-state index in [0.717, 1.165) is 0 Å². The summed E-state index contributed by atoms with van der Waals surface area (Å²) in [5, 5.41) is 7.52. The minimum atomic E-state index is -1.91. The first-order valence-electron chi connectivity index (χ1n) is 31.8. The van der Waals surface area contributed by atoms with Crippen LogP contribution in [-0.4, -0.2) is 129 Å². The molecule has 0 heterocycles. The second-order valence-electron chi connectivity index (χ2n) is 40.9. The van der Waals surface area contributed by atoms with E-state index in [-0.39, 0.29) is 0 Å². The molecule has 0 aliphatic carbocycles. The summed E-state index contributed by atoms with van der Waals surface area (Å²) >= 11 is 0. The van der Waals surface area contributed by atoms with Crippen LogP contribution in [0.15, 0.2) is 24.3 Å². The van der Waals surface area contributed by atoms with Crippen LogP contribution in [0.4, 0.5) is 0 Å². The molecule has 0 amide bonds. The average molecular weight is 1360 g/mol. The molecule has 0 aliphatic heterocycles. The van der Waals surface area contributed by atoms with Crippen molar-refractivity contribution < 1.29 is 0 Å². The Morgan fingerprint density at radius 2 is 0.362 bits per heavy atom. The first kappa shape index (κ1) is 77.1. The Morgan fingerprint density at radius 3 is 0.475 bits per heavy atom. The van der Waals surface area contributed by atoms with Gasteiger partial charge in [-0.15, -0.1) is 22.2 Å². The van der Waals surface area contributed by atoms with Crippen LogP contribution in [0.3, 0.4) is 0 Å². The van der Waals surface area contributed by atoms with E-state index in [9.17, 15) is 0 Å². The predicted molar refractivity (Wildman–Crippen MR) is 423 cm³/mol. The Morgan fingerprint density at radius 1 is 0.225 bits per heavy atom. The zero-order valence-electron chi connectivity index (χ0n) is 61.8. The van der Waals surface area contributed by atoms with Crippen molar-refractivity contribution in [2.75, 3.05) is 0 Å². The van der Waals surface area contributed by atoms with E-state index in [4.69, 9.17) is 11.1 Å². The zero-order chi connectivity index (χ0) is 63.9. The summed E-state index contributed by atoms with van der Waals surface area (Å²) in [6.07, 6.45) is 0. The smallest absolute Gasteiger partial charge is 0.133 e. The maximum atomic E-state index is 4.80. The quantitative estimate of drug-likeness (QED) is 0.0916. The molecular formula is C64H136Si16. The molecule has 0 nitrogen and oxygen atoms in total. The van der Waals surface area contributed by atoms with E-state index in [0.29, 0.717) is 31.0 Å². The second kappa shape index (κ2) is 25.1. The Kier molecular flexibility index (Phi) is 24.2. The fraction of sp³-hybridized carbons (Fsp3) is 0.750. The van der Waals surface area contributed by atoms with Crippen molar-refractivity contribution in [1.82, 2.24) is 0 Å². The molecule has 2 aromatic carbocycles. The SMILES string of the molecule is C[Si](C)(C)C#C/[Si](c1c(C([Si](C)(C)C)[Si](C)(C)C)cc(C([Si](C)(C)C)[Si](C)(C)C)cc1C([Si](C)(C)C)[Si](C)(C)C)=[Si](/C#C[Si](C)(C)C)c1c(C([Si](C)(C)C)[Si](C)(C)C)cc(C([Si](C)(C)C)[Si](C)(C)C)cc1C([Si](C)(C)C)[Si](C)(C)C. The molecule has 0 fully saturated rings. The van der Waals surface area contributed by atoms with Crippen LogP contribution in [0.1, 0.15) is 64.4 Å².